The molecule has 0 aliphatic heterocycles. The fraction of sp³-hybridized carbons (Fsp3) is 0.450. The van der Waals surface area contributed by atoms with Crippen LogP contribution in [0.5, 0.6) is 0 Å². The highest BCUT2D eigenvalue weighted by Crippen LogP contribution is 2.10. The Hall–Kier alpha value is -3.03. The first-order chi connectivity index (χ1) is 13.6. The Balaban J connectivity index is 1.79. The number of hydrogen-bond donors (Lipinski definition) is 4. The summed E-state index contributed by atoms with van der Waals surface area (Å²) in [4.78, 5) is 16.3. The highest BCUT2D eigenvalue weighted by atomic mass is 16.2. The quantitative estimate of drug-likeness (QED) is 0.303. The first-order valence-corrected chi connectivity index (χ1v) is 9.73. The van der Waals surface area contributed by atoms with E-state index in [1.54, 1.807) is 6.20 Å². The van der Waals surface area contributed by atoms with Crippen LogP contribution in [0, 0.1) is 0 Å². The highest BCUT2D eigenvalue weighted by Gasteiger charge is 2.03. The third kappa shape index (κ3) is 8.11. The molecule has 8 nitrogen and oxygen atoms in total. The number of urea groups is 1. The van der Waals surface area contributed by atoms with Crippen molar-refractivity contribution >= 4 is 17.7 Å². The van der Waals surface area contributed by atoms with Gasteiger partial charge < -0.3 is 21.3 Å². The smallest absolute Gasteiger partial charge is 0.319 e. The lowest BCUT2D eigenvalue weighted by atomic mass is 10.2. The normalized spacial score (nSPS) is 11.4. The highest BCUT2D eigenvalue weighted by molar-refractivity contribution is 5.89. The fourth-order valence-electron chi connectivity index (χ4n) is 2.52. The van der Waals surface area contributed by atoms with Crippen molar-refractivity contribution in [2.75, 3.05) is 18.4 Å². The molecule has 0 radical (unpaired) electrons. The topological polar surface area (TPSA) is 95.4 Å². The minimum atomic E-state index is -0.200. The first-order valence-electron chi connectivity index (χ1n) is 9.73. The molecule has 0 fully saturated rings. The molecular weight excluding hydrogens is 354 g/mol. The van der Waals surface area contributed by atoms with Crippen LogP contribution >= 0.6 is 0 Å². The van der Waals surface area contributed by atoms with Gasteiger partial charge in [0.1, 0.15) is 0 Å². The molecule has 4 N–H and O–H groups in total. The number of benzene rings is 1. The van der Waals surface area contributed by atoms with Gasteiger partial charge in [0.05, 0.1) is 6.54 Å². The molecule has 0 aliphatic carbocycles. The molecule has 2 rings (SSSR count). The van der Waals surface area contributed by atoms with Crippen molar-refractivity contribution in [1.29, 1.82) is 0 Å². The molecule has 0 aliphatic rings. The largest absolute Gasteiger partial charge is 0.357 e. The molecule has 1 heterocycles. The van der Waals surface area contributed by atoms with Crippen LogP contribution in [0.25, 0.3) is 0 Å². The molecule has 1 aromatic heterocycles. The van der Waals surface area contributed by atoms with Gasteiger partial charge in [0.15, 0.2) is 5.96 Å². The lowest BCUT2D eigenvalue weighted by Gasteiger charge is -2.12. The zero-order valence-electron chi connectivity index (χ0n) is 16.9. The van der Waals surface area contributed by atoms with Crippen LogP contribution in [-0.2, 0) is 13.1 Å². The summed E-state index contributed by atoms with van der Waals surface area (Å²) >= 11 is 0. The van der Waals surface area contributed by atoms with Crippen molar-refractivity contribution in [3.05, 3.63) is 48.3 Å². The maximum absolute atomic E-state index is 11.7. The monoisotopic (exact) mass is 385 g/mol. The van der Waals surface area contributed by atoms with Crippen molar-refractivity contribution in [2.45, 2.75) is 46.3 Å². The number of hydrogen-bond acceptors (Lipinski definition) is 3. The van der Waals surface area contributed by atoms with Crippen molar-refractivity contribution in [2.24, 2.45) is 4.99 Å². The van der Waals surface area contributed by atoms with Gasteiger partial charge in [-0.05, 0) is 51.0 Å². The Morgan fingerprint density at radius 3 is 2.64 bits per heavy atom. The van der Waals surface area contributed by atoms with Gasteiger partial charge in [-0.2, -0.15) is 5.10 Å². The summed E-state index contributed by atoms with van der Waals surface area (Å²) in [5, 5.41) is 16.4. The summed E-state index contributed by atoms with van der Waals surface area (Å²) in [6, 6.07) is 9.53. The van der Waals surface area contributed by atoms with E-state index in [9.17, 15) is 4.79 Å². The van der Waals surface area contributed by atoms with Gasteiger partial charge in [-0.1, -0.05) is 12.1 Å². The average molecular weight is 386 g/mol. The third-order valence-electron chi connectivity index (χ3n) is 3.81. The van der Waals surface area contributed by atoms with Gasteiger partial charge in [0, 0.05) is 43.8 Å². The van der Waals surface area contributed by atoms with Gasteiger partial charge in [0.2, 0.25) is 0 Å². The molecule has 0 unspecified atom stereocenters. The number of aromatic nitrogens is 2. The van der Waals surface area contributed by atoms with Crippen LogP contribution in [0.3, 0.4) is 0 Å². The number of rotatable bonds is 9. The van der Waals surface area contributed by atoms with Crippen molar-refractivity contribution in [3.63, 3.8) is 0 Å². The second-order valence-electron chi connectivity index (χ2n) is 6.69. The second kappa shape index (κ2) is 11.6. The predicted octanol–water partition coefficient (Wildman–Crippen LogP) is 2.56. The number of nitrogens with zero attached hydrogens (tertiary/aromatic N) is 3. The van der Waals surface area contributed by atoms with Gasteiger partial charge in [-0.3, -0.25) is 4.68 Å². The molecule has 2 amide bonds. The van der Waals surface area contributed by atoms with Crippen LogP contribution in [0.1, 0.15) is 32.8 Å². The zero-order chi connectivity index (χ0) is 20.2. The Labute approximate surface area is 166 Å². The predicted molar refractivity (Wildman–Crippen MR) is 113 cm³/mol. The molecule has 0 atom stereocenters. The van der Waals surface area contributed by atoms with Crippen LogP contribution < -0.4 is 21.3 Å². The van der Waals surface area contributed by atoms with Crippen LogP contribution in [0.2, 0.25) is 0 Å². The summed E-state index contributed by atoms with van der Waals surface area (Å²) in [6.45, 7) is 8.95. The third-order valence-corrected chi connectivity index (χ3v) is 3.81. The molecule has 1 aromatic carbocycles. The number of carbonyl (C=O) groups is 1. The van der Waals surface area contributed by atoms with E-state index in [1.807, 2.05) is 62.0 Å². The summed E-state index contributed by atoms with van der Waals surface area (Å²) in [7, 11) is 0. The Kier molecular flexibility index (Phi) is 8.84. The second-order valence-corrected chi connectivity index (χ2v) is 6.69. The zero-order valence-corrected chi connectivity index (χ0v) is 16.9. The maximum Gasteiger partial charge on any atom is 0.319 e. The van der Waals surface area contributed by atoms with E-state index < -0.39 is 0 Å². The summed E-state index contributed by atoms with van der Waals surface area (Å²) in [5.41, 5.74) is 1.83. The van der Waals surface area contributed by atoms with Crippen molar-refractivity contribution in [3.8, 4) is 0 Å². The Morgan fingerprint density at radius 1 is 1.21 bits per heavy atom. The molecule has 0 saturated heterocycles. The maximum atomic E-state index is 11.7. The van der Waals surface area contributed by atoms with Gasteiger partial charge in [0.25, 0.3) is 0 Å². The molecule has 28 heavy (non-hydrogen) atoms. The summed E-state index contributed by atoms with van der Waals surface area (Å²) in [5.74, 6) is 0.793. The number of aliphatic imine (C=N–C) groups is 1. The number of carbonyl (C=O) groups excluding carboxylic acids is 1. The van der Waals surface area contributed by atoms with Crippen molar-refractivity contribution in [1.82, 2.24) is 25.7 Å². The summed E-state index contributed by atoms with van der Waals surface area (Å²) in [6.07, 6.45) is 4.71. The minimum absolute atomic E-state index is 0.102. The number of anilines is 1. The van der Waals surface area contributed by atoms with E-state index in [4.69, 9.17) is 0 Å². The van der Waals surface area contributed by atoms with Crippen molar-refractivity contribution < 1.29 is 4.79 Å². The van der Waals surface area contributed by atoms with E-state index in [2.05, 4.69) is 31.4 Å². The SMILES string of the molecule is CCNC(=NCc1ccc(NC(=O)NC(C)C)cc1)NCCCn1cccn1. The molecule has 0 bridgehead atoms. The molecule has 2 aromatic rings. The first kappa shape index (κ1) is 21.3. The van der Waals surface area contributed by atoms with Gasteiger partial charge in [-0.15, -0.1) is 0 Å². The van der Waals surface area contributed by atoms with Gasteiger partial charge in [-0.25, -0.2) is 9.79 Å². The van der Waals surface area contributed by atoms with Crippen LogP contribution in [-0.4, -0.2) is 40.9 Å². The molecule has 0 spiro atoms. The van der Waals surface area contributed by atoms with Crippen LogP contribution in [0.15, 0.2) is 47.7 Å². The number of aryl methyl sites for hydroxylation is 1. The lowest BCUT2D eigenvalue weighted by molar-refractivity contribution is 0.250. The Bertz CT molecular complexity index is 724. The van der Waals surface area contributed by atoms with Gasteiger partial charge >= 0.3 is 6.03 Å². The molecule has 152 valence electrons. The lowest BCUT2D eigenvalue weighted by Crippen LogP contribution is -2.38. The van der Waals surface area contributed by atoms with E-state index >= 15 is 0 Å². The van der Waals surface area contributed by atoms with E-state index in [0.717, 1.165) is 43.3 Å². The summed E-state index contributed by atoms with van der Waals surface area (Å²) < 4.78 is 1.92. The molecular formula is C20H31N7O. The minimum Gasteiger partial charge on any atom is -0.357 e. The Morgan fingerprint density at radius 2 is 2.00 bits per heavy atom. The number of amides is 2. The molecule has 8 heteroatoms. The average Bonchev–Trinajstić information content (AvgIpc) is 3.17. The molecule has 0 saturated carbocycles. The number of guanidine groups is 1. The number of nitrogens with one attached hydrogen (secondary N) is 4. The van der Waals surface area contributed by atoms with E-state index in [0.29, 0.717) is 6.54 Å². The standard InChI is InChI=1S/C20H31N7O/c1-4-21-19(22-11-5-13-27-14-6-12-24-27)23-15-17-7-9-18(10-8-17)26-20(28)25-16(2)3/h6-10,12,14,16H,4-5,11,13,15H2,1-3H3,(H2,21,22,23)(H2,25,26,28). The van der Waals surface area contributed by atoms with E-state index in [-0.39, 0.29) is 12.1 Å². The van der Waals surface area contributed by atoms with E-state index in [1.165, 1.54) is 0 Å². The van der Waals surface area contributed by atoms with Crippen LogP contribution in [0.4, 0.5) is 10.5 Å². The fourth-order valence-corrected chi connectivity index (χ4v) is 2.52.